The molecule has 2 aromatic heterocycles. The van der Waals surface area contributed by atoms with Gasteiger partial charge in [0.2, 0.25) is 5.91 Å². The maximum atomic E-state index is 12.9. The molecule has 2 heterocycles. The molecule has 6 nitrogen and oxygen atoms in total. The smallest absolute Gasteiger partial charge is 0.262 e. The summed E-state index contributed by atoms with van der Waals surface area (Å²) in [6.45, 7) is 1.65. The van der Waals surface area contributed by atoms with E-state index in [4.69, 9.17) is 0 Å². The molecule has 25 heavy (non-hydrogen) atoms. The molecule has 4 rings (SSSR count). The third-order valence-corrected chi connectivity index (χ3v) is 6.48. The van der Waals surface area contributed by atoms with Crippen molar-refractivity contribution < 1.29 is 4.79 Å². The molecule has 0 saturated heterocycles. The van der Waals surface area contributed by atoms with Gasteiger partial charge < -0.3 is 5.32 Å². The third-order valence-electron chi connectivity index (χ3n) is 5.28. The monoisotopic (exact) mass is 356 g/mol. The van der Waals surface area contributed by atoms with Crippen molar-refractivity contribution in [2.75, 3.05) is 0 Å². The zero-order valence-electron chi connectivity index (χ0n) is 14.2. The summed E-state index contributed by atoms with van der Waals surface area (Å²) in [4.78, 5) is 31.7. The van der Waals surface area contributed by atoms with Crippen molar-refractivity contribution in [1.29, 1.82) is 5.26 Å². The van der Waals surface area contributed by atoms with Gasteiger partial charge in [0.25, 0.3) is 5.56 Å². The van der Waals surface area contributed by atoms with E-state index in [2.05, 4.69) is 16.4 Å². The molecule has 2 aliphatic carbocycles. The van der Waals surface area contributed by atoms with Gasteiger partial charge in [0.05, 0.1) is 17.8 Å². The Labute approximate surface area is 149 Å². The number of nitrogens with one attached hydrogen (secondary N) is 1. The topological polar surface area (TPSA) is 87.8 Å². The van der Waals surface area contributed by atoms with Crippen LogP contribution in [0.3, 0.4) is 0 Å². The molecular weight excluding hydrogens is 336 g/mol. The molecule has 7 heteroatoms. The zero-order valence-corrected chi connectivity index (χ0v) is 15.0. The van der Waals surface area contributed by atoms with Gasteiger partial charge in [-0.2, -0.15) is 5.26 Å². The van der Waals surface area contributed by atoms with Crippen LogP contribution in [0.25, 0.3) is 10.2 Å². The molecule has 1 fully saturated rings. The van der Waals surface area contributed by atoms with E-state index >= 15 is 0 Å². The number of hydrogen-bond donors (Lipinski definition) is 1. The average molecular weight is 356 g/mol. The summed E-state index contributed by atoms with van der Waals surface area (Å²) in [5, 5.41) is 12.8. The van der Waals surface area contributed by atoms with Gasteiger partial charge in [-0.3, -0.25) is 14.2 Å². The first-order valence-electron chi connectivity index (χ1n) is 8.74. The number of fused-ring (bicyclic) bond motifs is 3. The Hall–Kier alpha value is -2.20. The van der Waals surface area contributed by atoms with Crippen LogP contribution in [-0.2, 0) is 24.2 Å². The molecule has 0 spiro atoms. The molecule has 0 aliphatic heterocycles. The van der Waals surface area contributed by atoms with E-state index in [9.17, 15) is 14.9 Å². The Morgan fingerprint density at radius 3 is 2.96 bits per heavy atom. The SMILES string of the molecule is C[C@](C#N)(NC(=O)Cn1cnc2sc3c(c2c1=O)CCCC3)C1CC1. The molecule has 0 bridgehead atoms. The minimum atomic E-state index is -0.847. The minimum Gasteiger partial charge on any atom is -0.336 e. The number of carbonyl (C=O) groups is 1. The summed E-state index contributed by atoms with van der Waals surface area (Å²) in [5.41, 5.74) is 0.128. The number of aromatic nitrogens is 2. The number of nitriles is 1. The van der Waals surface area contributed by atoms with Crippen molar-refractivity contribution in [3.8, 4) is 6.07 Å². The predicted octanol–water partition coefficient (Wildman–Crippen LogP) is 2.15. The lowest BCUT2D eigenvalue weighted by atomic mass is 9.97. The first-order valence-corrected chi connectivity index (χ1v) is 9.55. The van der Waals surface area contributed by atoms with Gasteiger partial charge in [0.1, 0.15) is 16.9 Å². The minimum absolute atomic E-state index is 0.101. The van der Waals surface area contributed by atoms with E-state index in [1.165, 1.54) is 15.8 Å². The summed E-state index contributed by atoms with van der Waals surface area (Å²) in [7, 11) is 0. The highest BCUT2D eigenvalue weighted by Gasteiger charge is 2.43. The predicted molar refractivity (Wildman–Crippen MR) is 95.4 cm³/mol. The summed E-state index contributed by atoms with van der Waals surface area (Å²) in [6, 6.07) is 2.20. The Kier molecular flexibility index (Phi) is 3.88. The molecule has 2 aromatic rings. The van der Waals surface area contributed by atoms with Gasteiger partial charge in [-0.1, -0.05) is 0 Å². The van der Waals surface area contributed by atoms with Gasteiger partial charge in [-0.05, 0) is 56.9 Å². The Bertz CT molecular complexity index is 950. The molecule has 1 saturated carbocycles. The maximum absolute atomic E-state index is 12.9. The number of amides is 1. The largest absolute Gasteiger partial charge is 0.336 e. The second-order valence-corrected chi connectivity index (χ2v) is 8.29. The Balaban J connectivity index is 1.61. The van der Waals surface area contributed by atoms with E-state index in [1.54, 1.807) is 18.3 Å². The van der Waals surface area contributed by atoms with E-state index in [0.717, 1.165) is 48.9 Å². The fraction of sp³-hybridized carbons (Fsp3) is 0.556. The normalized spacial score (nSPS) is 19.0. The van der Waals surface area contributed by atoms with Gasteiger partial charge in [0.15, 0.2) is 0 Å². The zero-order chi connectivity index (χ0) is 17.6. The number of thiophene rings is 1. The van der Waals surface area contributed by atoms with Crippen LogP contribution >= 0.6 is 11.3 Å². The lowest BCUT2D eigenvalue weighted by Crippen LogP contribution is -2.48. The number of nitrogens with zero attached hydrogens (tertiary/aromatic N) is 3. The Morgan fingerprint density at radius 2 is 2.24 bits per heavy atom. The molecule has 0 aromatic carbocycles. The van der Waals surface area contributed by atoms with E-state index in [1.807, 2.05) is 0 Å². The van der Waals surface area contributed by atoms with E-state index in [-0.39, 0.29) is 23.9 Å². The van der Waals surface area contributed by atoms with Crippen LogP contribution in [0.2, 0.25) is 0 Å². The molecule has 0 unspecified atom stereocenters. The lowest BCUT2D eigenvalue weighted by Gasteiger charge is -2.23. The standard InChI is InChI=1S/C18H20N4O2S/c1-18(9-19,11-6-7-11)21-14(23)8-22-10-20-16-15(17(22)24)12-4-2-3-5-13(12)25-16/h10-11H,2-8H2,1H3,(H,21,23)/t18-/m1/s1. The van der Waals surface area contributed by atoms with Gasteiger partial charge in [-0.15, -0.1) is 11.3 Å². The molecule has 1 amide bonds. The van der Waals surface area contributed by atoms with Crippen LogP contribution < -0.4 is 10.9 Å². The summed E-state index contributed by atoms with van der Waals surface area (Å²) >= 11 is 1.60. The van der Waals surface area contributed by atoms with Crippen molar-refractivity contribution in [1.82, 2.24) is 14.9 Å². The molecule has 0 radical (unpaired) electrons. The van der Waals surface area contributed by atoms with Crippen LogP contribution in [-0.4, -0.2) is 21.0 Å². The van der Waals surface area contributed by atoms with Crippen molar-refractivity contribution in [2.45, 2.75) is 57.5 Å². The van der Waals surface area contributed by atoms with Crippen LogP contribution in [0.5, 0.6) is 0 Å². The fourth-order valence-electron chi connectivity index (χ4n) is 3.66. The summed E-state index contributed by atoms with van der Waals surface area (Å²) in [6.07, 6.45) is 7.54. The lowest BCUT2D eigenvalue weighted by molar-refractivity contribution is -0.123. The number of aryl methyl sites for hydroxylation is 2. The Morgan fingerprint density at radius 1 is 1.48 bits per heavy atom. The van der Waals surface area contributed by atoms with E-state index < -0.39 is 5.54 Å². The molecule has 1 N–H and O–H groups in total. The van der Waals surface area contributed by atoms with Crippen molar-refractivity contribution in [3.63, 3.8) is 0 Å². The molecule has 2 aliphatic rings. The quantitative estimate of drug-likeness (QED) is 0.909. The van der Waals surface area contributed by atoms with Crippen LogP contribution in [0, 0.1) is 17.2 Å². The van der Waals surface area contributed by atoms with Crippen LogP contribution in [0.4, 0.5) is 0 Å². The second-order valence-electron chi connectivity index (χ2n) is 7.21. The molecule has 130 valence electrons. The summed E-state index contributed by atoms with van der Waals surface area (Å²) in [5.74, 6) is -0.106. The average Bonchev–Trinajstić information content (AvgIpc) is 3.38. The highest BCUT2D eigenvalue weighted by molar-refractivity contribution is 7.18. The van der Waals surface area contributed by atoms with Crippen molar-refractivity contribution >= 4 is 27.5 Å². The van der Waals surface area contributed by atoms with Gasteiger partial charge >= 0.3 is 0 Å². The van der Waals surface area contributed by atoms with Crippen molar-refractivity contribution in [2.24, 2.45) is 5.92 Å². The van der Waals surface area contributed by atoms with Gasteiger partial charge in [0, 0.05) is 4.88 Å². The first kappa shape index (κ1) is 16.3. The second kappa shape index (κ2) is 5.95. The summed E-state index contributed by atoms with van der Waals surface area (Å²) < 4.78 is 1.37. The van der Waals surface area contributed by atoms with Crippen LogP contribution in [0.15, 0.2) is 11.1 Å². The van der Waals surface area contributed by atoms with Crippen LogP contribution in [0.1, 0.15) is 43.0 Å². The van der Waals surface area contributed by atoms with Crippen molar-refractivity contribution in [3.05, 3.63) is 27.1 Å². The number of hydrogen-bond acceptors (Lipinski definition) is 5. The van der Waals surface area contributed by atoms with E-state index in [0.29, 0.717) is 5.39 Å². The first-order chi connectivity index (χ1) is 12.0. The fourth-order valence-corrected chi connectivity index (χ4v) is 4.88. The number of carbonyl (C=O) groups excluding carboxylic acids is 1. The number of rotatable bonds is 4. The highest BCUT2D eigenvalue weighted by Crippen LogP contribution is 2.39. The molecular formula is C18H20N4O2S. The maximum Gasteiger partial charge on any atom is 0.262 e. The molecule has 1 atom stereocenters. The third kappa shape index (κ3) is 2.85. The highest BCUT2D eigenvalue weighted by atomic mass is 32.1. The van der Waals surface area contributed by atoms with Gasteiger partial charge in [-0.25, -0.2) is 4.98 Å².